The van der Waals surface area contributed by atoms with E-state index < -0.39 is 17.7 Å². The lowest BCUT2D eigenvalue weighted by molar-refractivity contribution is 0.0517. The van der Waals surface area contributed by atoms with Gasteiger partial charge in [0.15, 0.2) is 11.5 Å². The maximum atomic E-state index is 12.5. The molecular formula is C8H7F2NO2. The predicted octanol–water partition coefficient (Wildman–Crippen LogP) is 1.54. The van der Waals surface area contributed by atoms with Crippen LogP contribution in [0.4, 0.5) is 8.78 Å². The molecule has 0 amide bonds. The summed E-state index contributed by atoms with van der Waals surface area (Å²) in [6, 6.07) is 1.89. The van der Waals surface area contributed by atoms with Crippen LogP contribution < -0.4 is 0 Å². The van der Waals surface area contributed by atoms with Crippen molar-refractivity contribution in [2.45, 2.75) is 6.92 Å². The number of hydrogen-bond acceptors (Lipinski definition) is 3. The number of hydrogen-bond donors (Lipinski definition) is 0. The lowest BCUT2D eigenvalue weighted by atomic mass is 10.3. The molecule has 0 bridgehead atoms. The van der Waals surface area contributed by atoms with Crippen molar-refractivity contribution in [2.75, 3.05) is 6.61 Å². The number of carbonyl (C=O) groups excluding carboxylic acids is 1. The van der Waals surface area contributed by atoms with Gasteiger partial charge in [-0.15, -0.1) is 0 Å². The molecule has 0 saturated heterocycles. The van der Waals surface area contributed by atoms with Crippen LogP contribution in [0.3, 0.4) is 0 Å². The maximum Gasteiger partial charge on any atom is 0.357 e. The first-order chi connectivity index (χ1) is 6.15. The fraction of sp³-hybridized carbons (Fsp3) is 0.250. The van der Waals surface area contributed by atoms with Crippen LogP contribution in [0.25, 0.3) is 0 Å². The first-order valence-corrected chi connectivity index (χ1v) is 3.64. The molecule has 0 aliphatic heterocycles. The van der Waals surface area contributed by atoms with Gasteiger partial charge in [0.2, 0.25) is 5.95 Å². The zero-order chi connectivity index (χ0) is 9.84. The minimum Gasteiger partial charge on any atom is -0.461 e. The van der Waals surface area contributed by atoms with Crippen LogP contribution >= 0.6 is 0 Å². The lowest BCUT2D eigenvalue weighted by Crippen LogP contribution is -2.08. The van der Waals surface area contributed by atoms with Gasteiger partial charge in [-0.3, -0.25) is 0 Å². The van der Waals surface area contributed by atoms with Crippen LogP contribution in [0.1, 0.15) is 17.4 Å². The average Bonchev–Trinajstić information content (AvgIpc) is 2.10. The summed E-state index contributed by atoms with van der Waals surface area (Å²) in [6.45, 7) is 1.78. The number of aromatic nitrogens is 1. The molecule has 70 valence electrons. The molecule has 1 rings (SSSR count). The van der Waals surface area contributed by atoms with Crippen LogP contribution in [0.2, 0.25) is 0 Å². The Morgan fingerprint density at radius 2 is 2.23 bits per heavy atom. The number of pyridine rings is 1. The van der Waals surface area contributed by atoms with Crippen LogP contribution in [-0.4, -0.2) is 17.6 Å². The Labute approximate surface area is 73.4 Å². The summed E-state index contributed by atoms with van der Waals surface area (Å²) in [4.78, 5) is 14.0. The predicted molar refractivity (Wildman–Crippen MR) is 40.1 cm³/mol. The Bertz CT molecular complexity index is 328. The summed E-state index contributed by atoms with van der Waals surface area (Å²) < 4.78 is 29.4. The molecule has 13 heavy (non-hydrogen) atoms. The summed E-state index contributed by atoms with van der Waals surface area (Å²) in [7, 11) is 0. The third kappa shape index (κ3) is 2.21. The van der Waals surface area contributed by atoms with Gasteiger partial charge in [0.05, 0.1) is 6.61 Å². The van der Waals surface area contributed by atoms with Crippen LogP contribution in [-0.2, 0) is 4.74 Å². The van der Waals surface area contributed by atoms with Crippen molar-refractivity contribution >= 4 is 5.97 Å². The van der Waals surface area contributed by atoms with Gasteiger partial charge in [0.1, 0.15) is 0 Å². The molecule has 0 atom stereocenters. The third-order valence-corrected chi connectivity index (χ3v) is 1.29. The largest absolute Gasteiger partial charge is 0.461 e. The van der Waals surface area contributed by atoms with Crippen molar-refractivity contribution in [2.24, 2.45) is 0 Å². The summed E-state index contributed by atoms with van der Waals surface area (Å²) in [5, 5.41) is 0. The molecule has 0 fully saturated rings. The molecule has 3 nitrogen and oxygen atoms in total. The second-order valence-electron chi connectivity index (χ2n) is 2.19. The molecular weight excluding hydrogens is 180 g/mol. The van der Waals surface area contributed by atoms with Gasteiger partial charge in [-0.05, 0) is 19.1 Å². The van der Waals surface area contributed by atoms with E-state index >= 15 is 0 Å². The zero-order valence-corrected chi connectivity index (χ0v) is 6.88. The van der Waals surface area contributed by atoms with E-state index in [1.807, 2.05) is 0 Å². The van der Waals surface area contributed by atoms with Gasteiger partial charge >= 0.3 is 5.97 Å². The molecule has 0 radical (unpaired) electrons. The van der Waals surface area contributed by atoms with E-state index in [1.54, 1.807) is 6.92 Å². The van der Waals surface area contributed by atoms with E-state index in [1.165, 1.54) is 0 Å². The second kappa shape index (κ2) is 3.93. The molecule has 0 N–H and O–H groups in total. The summed E-state index contributed by atoms with van der Waals surface area (Å²) >= 11 is 0. The van der Waals surface area contributed by atoms with Gasteiger partial charge in [-0.1, -0.05) is 0 Å². The SMILES string of the molecule is CCOC(=O)c1ccc(F)c(F)n1. The van der Waals surface area contributed by atoms with Crippen LogP contribution in [0.15, 0.2) is 12.1 Å². The summed E-state index contributed by atoms with van der Waals surface area (Å²) in [5.41, 5.74) is -0.235. The molecule has 1 heterocycles. The van der Waals surface area contributed by atoms with E-state index in [-0.39, 0.29) is 12.3 Å². The van der Waals surface area contributed by atoms with E-state index in [0.29, 0.717) is 0 Å². The molecule has 0 aliphatic rings. The maximum absolute atomic E-state index is 12.5. The highest BCUT2D eigenvalue weighted by Gasteiger charge is 2.11. The lowest BCUT2D eigenvalue weighted by Gasteiger charge is -2.00. The minimum absolute atomic E-state index is 0.166. The first-order valence-electron chi connectivity index (χ1n) is 3.64. The molecule has 0 saturated carbocycles. The number of nitrogens with zero attached hydrogens (tertiary/aromatic N) is 1. The fourth-order valence-corrected chi connectivity index (χ4v) is 0.736. The Morgan fingerprint density at radius 1 is 1.54 bits per heavy atom. The van der Waals surface area contributed by atoms with Crippen molar-refractivity contribution in [1.29, 1.82) is 0 Å². The van der Waals surface area contributed by atoms with Gasteiger partial charge in [0, 0.05) is 0 Å². The Hall–Kier alpha value is -1.52. The number of carbonyl (C=O) groups is 1. The monoisotopic (exact) mass is 187 g/mol. The smallest absolute Gasteiger partial charge is 0.357 e. The van der Waals surface area contributed by atoms with Gasteiger partial charge in [0.25, 0.3) is 0 Å². The molecule has 0 aliphatic carbocycles. The zero-order valence-electron chi connectivity index (χ0n) is 6.88. The first kappa shape index (κ1) is 9.57. The summed E-state index contributed by atoms with van der Waals surface area (Å²) in [6.07, 6.45) is 0. The number of ether oxygens (including phenoxy) is 1. The number of halogens is 2. The molecule has 0 spiro atoms. The van der Waals surface area contributed by atoms with Gasteiger partial charge < -0.3 is 4.74 Å². The quantitative estimate of drug-likeness (QED) is 0.520. The van der Waals surface area contributed by atoms with E-state index in [2.05, 4.69) is 9.72 Å². The van der Waals surface area contributed by atoms with Crippen molar-refractivity contribution < 1.29 is 18.3 Å². The molecule has 0 unspecified atom stereocenters. The molecule has 5 heteroatoms. The van der Waals surface area contributed by atoms with Gasteiger partial charge in [-0.2, -0.15) is 4.39 Å². The minimum atomic E-state index is -1.30. The molecule has 0 aromatic carbocycles. The highest BCUT2D eigenvalue weighted by Crippen LogP contribution is 2.04. The number of rotatable bonds is 2. The topological polar surface area (TPSA) is 39.2 Å². The second-order valence-corrected chi connectivity index (χ2v) is 2.19. The van der Waals surface area contributed by atoms with Crippen LogP contribution in [0, 0.1) is 11.8 Å². The van der Waals surface area contributed by atoms with Crippen molar-refractivity contribution in [3.8, 4) is 0 Å². The van der Waals surface area contributed by atoms with Crippen molar-refractivity contribution in [3.63, 3.8) is 0 Å². The highest BCUT2D eigenvalue weighted by molar-refractivity contribution is 5.87. The fourth-order valence-electron chi connectivity index (χ4n) is 0.736. The Balaban J connectivity index is 2.90. The molecule has 1 aromatic rings. The Morgan fingerprint density at radius 3 is 2.77 bits per heavy atom. The average molecular weight is 187 g/mol. The normalized spacial score (nSPS) is 9.77. The van der Waals surface area contributed by atoms with Crippen LogP contribution in [0.5, 0.6) is 0 Å². The molecule has 1 aromatic heterocycles. The van der Waals surface area contributed by atoms with Crippen molar-refractivity contribution in [1.82, 2.24) is 4.98 Å². The van der Waals surface area contributed by atoms with Gasteiger partial charge in [-0.25, -0.2) is 14.2 Å². The van der Waals surface area contributed by atoms with E-state index in [9.17, 15) is 13.6 Å². The van der Waals surface area contributed by atoms with E-state index in [0.717, 1.165) is 12.1 Å². The number of esters is 1. The third-order valence-electron chi connectivity index (χ3n) is 1.29. The Kier molecular flexibility index (Phi) is 2.89. The summed E-state index contributed by atoms with van der Waals surface area (Å²) in [5.74, 6) is -3.15. The standard InChI is InChI=1S/C8H7F2NO2/c1-2-13-8(12)6-4-3-5(9)7(10)11-6/h3-4H,2H2,1H3. The van der Waals surface area contributed by atoms with Crippen molar-refractivity contribution in [3.05, 3.63) is 29.6 Å². The highest BCUT2D eigenvalue weighted by atomic mass is 19.2. The van der Waals surface area contributed by atoms with E-state index in [4.69, 9.17) is 0 Å².